The van der Waals surface area contributed by atoms with Gasteiger partial charge in [-0.2, -0.15) is 10.4 Å². The first-order chi connectivity index (χ1) is 10.6. The van der Waals surface area contributed by atoms with Gasteiger partial charge in [-0.15, -0.1) is 0 Å². The molecule has 1 unspecified atom stereocenters. The van der Waals surface area contributed by atoms with Gasteiger partial charge in [-0.25, -0.2) is 0 Å². The van der Waals surface area contributed by atoms with Gasteiger partial charge in [0.2, 0.25) is 0 Å². The molecular formula is C19H20ClN2+. The van der Waals surface area contributed by atoms with Gasteiger partial charge in [0.05, 0.1) is 0 Å². The lowest BCUT2D eigenvalue weighted by Gasteiger charge is -2.25. The molecule has 0 aromatic heterocycles. The van der Waals surface area contributed by atoms with Crippen LogP contribution in [0.15, 0.2) is 54.7 Å². The van der Waals surface area contributed by atoms with Gasteiger partial charge in [-0.05, 0) is 43.4 Å². The smallest absolute Gasteiger partial charge is 0.164 e. The van der Waals surface area contributed by atoms with E-state index in [1.54, 1.807) is 0 Å². The monoisotopic (exact) mass is 311 g/mol. The number of para-hydroxylation sites is 1. The van der Waals surface area contributed by atoms with E-state index in [-0.39, 0.29) is 0 Å². The number of allylic oxidation sites excluding steroid dienone is 1. The van der Waals surface area contributed by atoms with Crippen molar-refractivity contribution < 1.29 is 0 Å². The molecule has 112 valence electrons. The number of hydrogen-bond donors (Lipinski definition) is 1. The number of nitrogens with two attached hydrogens (primary N) is 1. The molecule has 0 saturated heterocycles. The van der Waals surface area contributed by atoms with Crippen LogP contribution in [0.25, 0.3) is 5.57 Å². The Labute approximate surface area is 136 Å². The van der Waals surface area contributed by atoms with Crippen molar-refractivity contribution in [2.24, 2.45) is 11.8 Å². The van der Waals surface area contributed by atoms with E-state index in [1.165, 1.54) is 29.7 Å². The normalized spacial score (nSPS) is 23.3. The molecule has 0 bridgehead atoms. The number of halogens is 1. The minimum absolute atomic E-state index is 0.346. The van der Waals surface area contributed by atoms with Crippen LogP contribution in [0.4, 0.5) is 5.69 Å². The van der Waals surface area contributed by atoms with Crippen LogP contribution in [-0.2, 0) is 6.54 Å². The lowest BCUT2D eigenvalue weighted by molar-refractivity contribution is 0.385. The van der Waals surface area contributed by atoms with Gasteiger partial charge in [0, 0.05) is 27.8 Å². The Morgan fingerprint density at radius 1 is 1.09 bits per heavy atom. The largest absolute Gasteiger partial charge is 0.186 e. The summed E-state index contributed by atoms with van der Waals surface area (Å²) in [6.45, 7) is 0.728. The highest BCUT2D eigenvalue weighted by molar-refractivity contribution is 6.30. The maximum absolute atomic E-state index is 6.76. The zero-order valence-corrected chi connectivity index (χ0v) is 13.3. The molecule has 3 heteroatoms. The fourth-order valence-electron chi connectivity index (χ4n) is 3.39. The summed E-state index contributed by atoms with van der Waals surface area (Å²) in [6.07, 6.45) is 6.12. The Morgan fingerprint density at radius 2 is 1.91 bits per heavy atom. The molecule has 1 aliphatic heterocycles. The highest BCUT2D eigenvalue weighted by Gasteiger charge is 2.38. The summed E-state index contributed by atoms with van der Waals surface area (Å²) < 4.78 is 0.346. The van der Waals surface area contributed by atoms with Crippen molar-refractivity contribution in [1.29, 1.82) is 0 Å². The quantitative estimate of drug-likeness (QED) is 0.632. The van der Waals surface area contributed by atoms with Crippen LogP contribution in [0.5, 0.6) is 0 Å². The number of nitrogens with zero attached hydrogens (tertiary/aromatic N) is 1. The first-order valence-electron chi connectivity index (χ1n) is 7.86. The summed E-state index contributed by atoms with van der Waals surface area (Å²) in [5.41, 5.74) is 5.08. The molecule has 2 aromatic carbocycles. The Kier molecular flexibility index (Phi) is 3.33. The Balaban J connectivity index is 1.71. The summed E-state index contributed by atoms with van der Waals surface area (Å²) in [5, 5.41) is 0.763. The van der Waals surface area contributed by atoms with E-state index in [0.29, 0.717) is 4.59 Å². The molecule has 1 fully saturated rings. The maximum atomic E-state index is 6.76. The van der Waals surface area contributed by atoms with Crippen molar-refractivity contribution in [3.8, 4) is 0 Å². The molecule has 1 heterocycles. The molecular weight excluding hydrogens is 292 g/mol. The fourth-order valence-corrected chi connectivity index (χ4v) is 3.60. The van der Waals surface area contributed by atoms with Crippen molar-refractivity contribution in [3.63, 3.8) is 0 Å². The van der Waals surface area contributed by atoms with Crippen LogP contribution < -0.4 is 10.4 Å². The molecule has 1 saturated carbocycles. The number of fused-ring (bicyclic) bond motifs is 1. The second kappa shape index (κ2) is 5.24. The number of benzene rings is 2. The molecule has 0 amide bonds. The zero-order chi connectivity index (χ0) is 15.2. The molecule has 2 aromatic rings. The third-order valence-corrected chi connectivity index (χ3v) is 4.86. The molecule has 4 rings (SSSR count). The molecule has 22 heavy (non-hydrogen) atoms. The topological polar surface area (TPSA) is 26.0 Å². The van der Waals surface area contributed by atoms with Gasteiger partial charge in [0.25, 0.3) is 0 Å². The minimum atomic E-state index is 0.346. The van der Waals surface area contributed by atoms with E-state index in [1.807, 2.05) is 18.2 Å². The number of quaternary nitrogens is 1. The average molecular weight is 312 g/mol. The summed E-state index contributed by atoms with van der Waals surface area (Å²) in [4.78, 5) is 0. The van der Waals surface area contributed by atoms with Crippen LogP contribution in [0.2, 0.25) is 5.02 Å². The highest BCUT2D eigenvalue weighted by atomic mass is 35.5. The van der Waals surface area contributed by atoms with Crippen molar-refractivity contribution in [2.45, 2.75) is 25.8 Å². The molecule has 0 radical (unpaired) electrons. The predicted octanol–water partition coefficient (Wildman–Crippen LogP) is 4.88. The van der Waals surface area contributed by atoms with E-state index in [4.69, 9.17) is 17.4 Å². The van der Waals surface area contributed by atoms with Gasteiger partial charge < -0.3 is 0 Å². The van der Waals surface area contributed by atoms with Crippen LogP contribution >= 0.6 is 11.6 Å². The van der Waals surface area contributed by atoms with Gasteiger partial charge in [-0.3, -0.25) is 0 Å². The van der Waals surface area contributed by atoms with Crippen molar-refractivity contribution in [1.82, 2.24) is 4.59 Å². The lowest BCUT2D eigenvalue weighted by atomic mass is 10.0. The van der Waals surface area contributed by atoms with Crippen molar-refractivity contribution in [3.05, 3.63) is 70.9 Å². The van der Waals surface area contributed by atoms with Gasteiger partial charge in [0.1, 0.15) is 12.7 Å². The van der Waals surface area contributed by atoms with E-state index >= 15 is 0 Å². The Morgan fingerprint density at radius 3 is 2.68 bits per heavy atom. The highest BCUT2D eigenvalue weighted by Crippen LogP contribution is 2.45. The first-order valence-corrected chi connectivity index (χ1v) is 8.24. The fraction of sp³-hybridized carbons (Fsp3) is 0.263. The number of rotatable bonds is 4. The van der Waals surface area contributed by atoms with Crippen molar-refractivity contribution in [2.75, 3.05) is 0 Å². The maximum Gasteiger partial charge on any atom is 0.164 e. The van der Waals surface area contributed by atoms with E-state index in [9.17, 15) is 0 Å². The third-order valence-electron chi connectivity index (χ3n) is 4.62. The molecule has 2 aliphatic rings. The lowest BCUT2D eigenvalue weighted by Crippen LogP contribution is -2.48. The number of hydrogen-bond acceptors (Lipinski definition) is 1. The molecule has 1 aliphatic carbocycles. The van der Waals surface area contributed by atoms with Gasteiger partial charge in [-0.1, -0.05) is 35.9 Å². The van der Waals surface area contributed by atoms with E-state index < -0.39 is 0 Å². The molecule has 1 atom stereocenters. The van der Waals surface area contributed by atoms with Crippen molar-refractivity contribution >= 4 is 22.9 Å². The molecule has 2 N–H and O–H groups in total. The van der Waals surface area contributed by atoms with E-state index in [0.717, 1.165) is 29.5 Å². The molecule has 2 nitrogen and oxygen atoms in total. The first kappa shape index (κ1) is 14.0. The zero-order valence-electron chi connectivity index (χ0n) is 12.5. The Hall–Kier alpha value is -1.61. The summed E-state index contributed by atoms with van der Waals surface area (Å²) in [6, 6.07) is 16.5. The summed E-state index contributed by atoms with van der Waals surface area (Å²) >= 11 is 6.12. The average Bonchev–Trinajstić information content (AvgIpc) is 3.26. The van der Waals surface area contributed by atoms with Gasteiger partial charge in [0.15, 0.2) is 5.69 Å². The van der Waals surface area contributed by atoms with E-state index in [2.05, 4.69) is 36.5 Å². The van der Waals surface area contributed by atoms with Crippen LogP contribution in [-0.4, -0.2) is 0 Å². The summed E-state index contributed by atoms with van der Waals surface area (Å²) in [5.74, 6) is 7.62. The minimum Gasteiger partial charge on any atom is -0.186 e. The predicted molar refractivity (Wildman–Crippen MR) is 92.9 cm³/mol. The second-order valence-electron chi connectivity index (χ2n) is 6.54. The van der Waals surface area contributed by atoms with Crippen LogP contribution in [0, 0.1) is 5.92 Å². The Bertz CT molecular complexity index is 749. The second-order valence-corrected chi connectivity index (χ2v) is 6.97. The third kappa shape index (κ3) is 2.58. The standard InChI is InChI=1S/C19H20ClN2/c20-17-5-3-4-15(11-17)12-22(21)13-16(10-14-8-9-14)18-6-1-2-7-19(18)22/h1-7,11,13-14H,8-10,12,21H2/q+1. The summed E-state index contributed by atoms with van der Waals surface area (Å²) in [7, 11) is 0. The SMILES string of the molecule is N[N+]1(Cc2cccc(Cl)c2)C=C(CC2CC2)c2ccccc21. The van der Waals surface area contributed by atoms with Crippen LogP contribution in [0.3, 0.4) is 0 Å². The van der Waals surface area contributed by atoms with Gasteiger partial charge >= 0.3 is 0 Å². The molecule has 0 spiro atoms. The van der Waals surface area contributed by atoms with Crippen LogP contribution in [0.1, 0.15) is 30.4 Å².